The fourth-order valence-electron chi connectivity index (χ4n) is 1.11. The van der Waals surface area contributed by atoms with Gasteiger partial charge in [-0.05, 0) is 39.8 Å². The third kappa shape index (κ3) is 6.44. The van der Waals surface area contributed by atoms with E-state index in [4.69, 9.17) is 4.74 Å². The van der Waals surface area contributed by atoms with E-state index in [0.717, 1.165) is 5.56 Å². The fraction of sp³-hybridized carbons (Fsp3) is 0.417. The number of aryl methyl sites for hydroxylation is 1. The van der Waals surface area contributed by atoms with E-state index in [-0.39, 0.29) is 23.8 Å². The van der Waals surface area contributed by atoms with Crippen LogP contribution in [0.3, 0.4) is 0 Å². The van der Waals surface area contributed by atoms with E-state index < -0.39 is 21.8 Å². The molecule has 0 aliphatic carbocycles. The third-order valence-electron chi connectivity index (χ3n) is 1.91. The van der Waals surface area contributed by atoms with Crippen LogP contribution in [-0.4, -0.2) is 20.1 Å². The number of benzene rings is 1. The molecule has 0 spiro atoms. The molecule has 0 fully saturated rings. The maximum Gasteiger partial charge on any atom is 1.00 e. The van der Waals surface area contributed by atoms with Gasteiger partial charge in [-0.25, -0.2) is 0 Å². The summed E-state index contributed by atoms with van der Waals surface area (Å²) in [7, 11) is -4.10. The van der Waals surface area contributed by atoms with Crippen molar-refractivity contribution in [2.24, 2.45) is 0 Å². The van der Waals surface area contributed by atoms with Gasteiger partial charge >= 0.3 is 18.9 Å². The van der Waals surface area contributed by atoms with Crippen molar-refractivity contribution in [2.75, 3.05) is 0 Å². The summed E-state index contributed by atoms with van der Waals surface area (Å²) < 4.78 is 32.5. The molecule has 0 aromatic heterocycles. The molecule has 1 aromatic rings. The molecule has 0 saturated carbocycles. The van der Waals surface area contributed by atoms with Gasteiger partial charge in [0.1, 0.15) is 5.60 Å². The minimum absolute atomic E-state index is 0. The van der Waals surface area contributed by atoms with Gasteiger partial charge in [0.15, 0.2) is 0 Å². The molecule has 106 valence electrons. The number of hydroxylamine groups is 1. The summed E-state index contributed by atoms with van der Waals surface area (Å²) in [6.45, 7) is 6.72. The molecule has 0 heterocycles. The van der Waals surface area contributed by atoms with Crippen LogP contribution in [0.1, 0.15) is 26.3 Å². The molecule has 0 aliphatic heterocycles. The largest absolute Gasteiger partial charge is 1.00 e. The molecule has 0 unspecified atom stereocenters. The number of carbonyl (C=O) groups is 1. The van der Waals surface area contributed by atoms with Crippen molar-refractivity contribution in [2.45, 2.75) is 38.2 Å². The van der Waals surface area contributed by atoms with Gasteiger partial charge < -0.3 is 14.5 Å². The number of rotatable bonds is 3. The SMILES string of the molecule is Cc1ccc(S(=O)(=O)O[N-]C(=O)OC(C)(C)C)cc1.[Li+]. The summed E-state index contributed by atoms with van der Waals surface area (Å²) in [4.78, 5) is 11.1. The van der Waals surface area contributed by atoms with Crippen LogP contribution in [0.15, 0.2) is 29.2 Å². The average Bonchev–Trinajstić information content (AvgIpc) is 2.25. The van der Waals surface area contributed by atoms with Gasteiger partial charge in [-0.1, -0.05) is 17.7 Å². The average molecular weight is 293 g/mol. The van der Waals surface area contributed by atoms with Gasteiger partial charge in [0.25, 0.3) is 16.2 Å². The summed E-state index contributed by atoms with van der Waals surface area (Å²) in [5.74, 6) is 0. The van der Waals surface area contributed by atoms with Crippen LogP contribution < -0.4 is 18.9 Å². The van der Waals surface area contributed by atoms with Crippen molar-refractivity contribution in [3.8, 4) is 0 Å². The van der Waals surface area contributed by atoms with Crippen molar-refractivity contribution < 1.29 is 41.1 Å². The molecule has 8 heteroatoms. The van der Waals surface area contributed by atoms with Crippen LogP contribution in [0.25, 0.3) is 5.48 Å². The molecule has 0 N–H and O–H groups in total. The van der Waals surface area contributed by atoms with Crippen molar-refractivity contribution in [3.05, 3.63) is 35.3 Å². The first-order chi connectivity index (χ1) is 8.60. The van der Waals surface area contributed by atoms with E-state index in [0.29, 0.717) is 0 Å². The fourth-order valence-corrected chi connectivity index (χ4v) is 1.82. The molecular formula is C12H16LiNO5S. The predicted octanol–water partition coefficient (Wildman–Crippen LogP) is -0.0719. The Morgan fingerprint density at radius 2 is 1.65 bits per heavy atom. The third-order valence-corrected chi connectivity index (χ3v) is 3.03. The van der Waals surface area contributed by atoms with Gasteiger partial charge in [0.2, 0.25) is 0 Å². The van der Waals surface area contributed by atoms with E-state index in [9.17, 15) is 13.2 Å². The first kappa shape index (κ1) is 19.0. The molecule has 0 saturated heterocycles. The second kappa shape index (κ2) is 7.13. The first-order valence-corrected chi connectivity index (χ1v) is 6.95. The maximum absolute atomic E-state index is 11.7. The van der Waals surface area contributed by atoms with Gasteiger partial charge in [0.05, 0.1) is 4.90 Å². The van der Waals surface area contributed by atoms with Crippen LogP contribution in [0.4, 0.5) is 4.79 Å². The second-order valence-corrected chi connectivity index (χ2v) is 6.44. The maximum atomic E-state index is 11.7. The molecular weight excluding hydrogens is 277 g/mol. The number of ether oxygens (including phenoxy) is 1. The van der Waals surface area contributed by atoms with E-state index in [2.05, 4.69) is 9.76 Å². The van der Waals surface area contributed by atoms with Crippen molar-refractivity contribution >= 4 is 16.2 Å². The van der Waals surface area contributed by atoms with Gasteiger partial charge in [-0.15, -0.1) is 0 Å². The van der Waals surface area contributed by atoms with Gasteiger partial charge in [-0.2, -0.15) is 8.42 Å². The minimum atomic E-state index is -4.10. The van der Waals surface area contributed by atoms with Crippen molar-refractivity contribution in [1.29, 1.82) is 0 Å². The Morgan fingerprint density at radius 1 is 1.15 bits per heavy atom. The van der Waals surface area contributed by atoms with E-state index in [1.54, 1.807) is 32.9 Å². The summed E-state index contributed by atoms with van der Waals surface area (Å²) >= 11 is 0. The van der Waals surface area contributed by atoms with Crippen LogP contribution in [0.2, 0.25) is 0 Å². The Hall–Kier alpha value is -1.00. The Balaban J connectivity index is 0.00000361. The molecule has 6 nitrogen and oxygen atoms in total. The second-order valence-electron chi connectivity index (χ2n) is 4.91. The number of amides is 1. The molecule has 1 aromatic carbocycles. The zero-order chi connectivity index (χ0) is 14.7. The van der Waals surface area contributed by atoms with E-state index >= 15 is 0 Å². The van der Waals surface area contributed by atoms with Gasteiger partial charge in [0, 0.05) is 0 Å². The Morgan fingerprint density at radius 3 is 2.10 bits per heavy atom. The van der Waals surface area contributed by atoms with Crippen molar-refractivity contribution in [1.82, 2.24) is 0 Å². The Kier molecular flexibility index (Phi) is 6.78. The summed E-state index contributed by atoms with van der Waals surface area (Å²) in [5, 5.41) is 0. The predicted molar refractivity (Wildman–Crippen MR) is 69.0 cm³/mol. The summed E-state index contributed by atoms with van der Waals surface area (Å²) in [5.41, 5.74) is 3.07. The molecule has 0 atom stereocenters. The Labute approximate surface area is 131 Å². The molecule has 20 heavy (non-hydrogen) atoms. The molecule has 0 radical (unpaired) electrons. The summed E-state index contributed by atoms with van der Waals surface area (Å²) in [6, 6.07) is 5.97. The first-order valence-electron chi connectivity index (χ1n) is 5.54. The number of hydrogen-bond acceptors (Lipinski definition) is 5. The van der Waals surface area contributed by atoms with Crippen molar-refractivity contribution in [3.63, 3.8) is 0 Å². The van der Waals surface area contributed by atoms with Crippen LogP contribution in [0.5, 0.6) is 0 Å². The molecule has 1 rings (SSSR count). The van der Waals surface area contributed by atoms with Crippen LogP contribution in [-0.2, 0) is 19.1 Å². The Bertz CT molecular complexity index is 548. The quantitative estimate of drug-likeness (QED) is 0.575. The van der Waals surface area contributed by atoms with E-state index in [1.807, 2.05) is 6.92 Å². The molecule has 0 bridgehead atoms. The standard InChI is InChI=1S/C12H17NO5S.Li/c1-9-5-7-10(8-6-9)19(15,16)18-13-11(14)17-12(2,3)4;/h5-8H,1-4H3,(H,13,14);/q;+1/p-1. The van der Waals surface area contributed by atoms with Crippen LogP contribution in [0, 0.1) is 6.92 Å². The summed E-state index contributed by atoms with van der Waals surface area (Å²) in [6.07, 6.45) is -1.09. The van der Waals surface area contributed by atoms with Crippen LogP contribution >= 0.6 is 0 Å². The number of nitrogens with zero attached hydrogens (tertiary/aromatic N) is 1. The van der Waals surface area contributed by atoms with Gasteiger partial charge in [-0.3, -0.25) is 4.79 Å². The smallest absolute Gasteiger partial charge is 0.477 e. The zero-order valence-electron chi connectivity index (χ0n) is 12.2. The monoisotopic (exact) mass is 293 g/mol. The zero-order valence-corrected chi connectivity index (χ0v) is 13.0. The topological polar surface area (TPSA) is 83.8 Å². The number of hydrogen-bond donors (Lipinski definition) is 0. The molecule has 0 aliphatic rings. The molecule has 1 amide bonds. The number of carbonyl (C=O) groups excluding carboxylic acids is 1. The minimum Gasteiger partial charge on any atom is -0.477 e. The normalized spacial score (nSPS) is 11.4. The van der Waals surface area contributed by atoms with E-state index in [1.165, 1.54) is 12.1 Å².